The van der Waals surface area contributed by atoms with Crippen molar-refractivity contribution < 1.29 is 4.42 Å². The van der Waals surface area contributed by atoms with E-state index in [1.165, 1.54) is 99.8 Å². The summed E-state index contributed by atoms with van der Waals surface area (Å²) in [5, 5.41) is 4.74. The lowest BCUT2D eigenvalue weighted by Gasteiger charge is -2.31. The van der Waals surface area contributed by atoms with Gasteiger partial charge in [0.05, 0.1) is 16.5 Å². The SMILES string of the molecule is CC1(C)c2ccccc2-c2ccc(N(c3ccc4c(c3)C(C)(C)c3cc5ccccc5cc3-4)c3ccc(-c4ccc5c(c4)C4(c6ccccc6-c6ccccc64)c4ccccc4-5)c4oc5ccccc5c34)cc21. The molecule has 0 atom stereocenters. The maximum Gasteiger partial charge on any atom is 0.145 e. The summed E-state index contributed by atoms with van der Waals surface area (Å²) in [6, 6.07) is 84.6. The Morgan fingerprint density at radius 3 is 1.42 bits per heavy atom. The van der Waals surface area contributed by atoms with Gasteiger partial charge < -0.3 is 9.32 Å². The van der Waals surface area contributed by atoms with Gasteiger partial charge in [0.25, 0.3) is 0 Å². The Morgan fingerprint density at radius 1 is 0.329 bits per heavy atom. The standard InChI is InChI=1S/C71H49NO/c1-69(2)57-24-12-7-19-48(57)52-33-30-45(40-62(52)69)72(46-31-34-54-56-37-42-17-5-6-18-43(42)38-61(56)70(3,4)63(54)41-46)65-36-35-47(68-67(65)55-23-11-16-28-66(55)73-68)44-29-32-53-51-22-10-15-27-60(51)71(64(53)39-44)58-25-13-8-20-49(58)50-21-9-14-26-59(50)71/h5-41H,1-4H3. The third-order valence-electron chi connectivity index (χ3n) is 17.7. The van der Waals surface area contributed by atoms with Crippen molar-refractivity contribution >= 4 is 49.8 Å². The van der Waals surface area contributed by atoms with Crippen LogP contribution in [0, 0.1) is 0 Å². The second kappa shape index (κ2) is 14.2. The molecule has 16 rings (SSSR count). The van der Waals surface area contributed by atoms with Gasteiger partial charge in [-0.15, -0.1) is 0 Å². The number of nitrogens with zero attached hydrogens (tertiary/aromatic N) is 1. The van der Waals surface area contributed by atoms with Crippen LogP contribution in [0.5, 0.6) is 0 Å². The molecule has 0 amide bonds. The van der Waals surface area contributed by atoms with Crippen LogP contribution >= 0.6 is 0 Å². The zero-order valence-electron chi connectivity index (χ0n) is 41.2. The predicted octanol–water partition coefficient (Wildman–Crippen LogP) is 18.8. The molecule has 11 aromatic carbocycles. The fourth-order valence-corrected chi connectivity index (χ4v) is 14.3. The van der Waals surface area contributed by atoms with E-state index >= 15 is 0 Å². The van der Waals surface area contributed by atoms with Crippen molar-refractivity contribution in [1.82, 2.24) is 0 Å². The average molecular weight is 932 g/mol. The van der Waals surface area contributed by atoms with E-state index in [1.807, 2.05) is 0 Å². The Morgan fingerprint density at radius 2 is 0.781 bits per heavy atom. The van der Waals surface area contributed by atoms with Crippen LogP contribution in [0.4, 0.5) is 17.1 Å². The lowest BCUT2D eigenvalue weighted by molar-refractivity contribution is 0.660. The summed E-state index contributed by atoms with van der Waals surface area (Å²) in [5.41, 5.74) is 27.6. The maximum atomic E-state index is 7.22. The summed E-state index contributed by atoms with van der Waals surface area (Å²) in [7, 11) is 0. The van der Waals surface area contributed by atoms with Gasteiger partial charge in [0.2, 0.25) is 0 Å². The topological polar surface area (TPSA) is 16.4 Å². The minimum Gasteiger partial charge on any atom is -0.455 e. The molecule has 0 aliphatic heterocycles. The molecule has 344 valence electrons. The van der Waals surface area contributed by atoms with Gasteiger partial charge in [-0.3, -0.25) is 0 Å². The van der Waals surface area contributed by atoms with E-state index in [0.29, 0.717) is 0 Å². The first kappa shape index (κ1) is 41.0. The Kier molecular flexibility index (Phi) is 7.99. The molecular weight excluding hydrogens is 883 g/mol. The molecular formula is C71H49NO. The molecule has 1 heterocycles. The zero-order chi connectivity index (χ0) is 48.5. The number of benzene rings is 11. The lowest BCUT2D eigenvalue weighted by atomic mass is 9.70. The molecule has 0 unspecified atom stereocenters. The van der Waals surface area contributed by atoms with Gasteiger partial charge in [-0.25, -0.2) is 0 Å². The largest absolute Gasteiger partial charge is 0.455 e. The minimum atomic E-state index is -0.451. The molecule has 2 heteroatoms. The van der Waals surface area contributed by atoms with Crippen molar-refractivity contribution in [1.29, 1.82) is 0 Å². The number of hydrogen-bond donors (Lipinski definition) is 0. The number of hydrogen-bond acceptors (Lipinski definition) is 2. The molecule has 0 saturated carbocycles. The fraction of sp³-hybridized carbons (Fsp3) is 0.0986. The third-order valence-corrected chi connectivity index (χ3v) is 17.7. The van der Waals surface area contributed by atoms with E-state index in [9.17, 15) is 0 Å². The molecule has 4 aliphatic carbocycles. The van der Waals surface area contributed by atoms with Crippen molar-refractivity contribution in [2.45, 2.75) is 43.9 Å². The second-order valence-electron chi connectivity index (χ2n) is 21.9. The molecule has 0 radical (unpaired) electrons. The van der Waals surface area contributed by atoms with Gasteiger partial charge in [0, 0.05) is 33.2 Å². The summed E-state index contributed by atoms with van der Waals surface area (Å²) in [4.78, 5) is 2.52. The normalized spacial score (nSPS) is 15.2. The monoisotopic (exact) mass is 931 g/mol. The molecule has 12 aromatic rings. The first-order valence-electron chi connectivity index (χ1n) is 25.8. The molecule has 2 nitrogen and oxygen atoms in total. The van der Waals surface area contributed by atoms with Crippen LogP contribution in [-0.4, -0.2) is 0 Å². The van der Waals surface area contributed by atoms with E-state index in [4.69, 9.17) is 4.42 Å². The van der Waals surface area contributed by atoms with Gasteiger partial charge in [-0.2, -0.15) is 0 Å². The van der Waals surface area contributed by atoms with Gasteiger partial charge >= 0.3 is 0 Å². The lowest BCUT2D eigenvalue weighted by Crippen LogP contribution is -2.25. The average Bonchev–Trinajstić information content (AvgIpc) is 4.26. The molecule has 4 aliphatic rings. The van der Waals surface area contributed by atoms with Crippen LogP contribution in [0.3, 0.4) is 0 Å². The number of anilines is 3. The minimum absolute atomic E-state index is 0.177. The smallest absolute Gasteiger partial charge is 0.145 e. The maximum absolute atomic E-state index is 7.22. The quantitative estimate of drug-likeness (QED) is 0.175. The Hall–Kier alpha value is -8.72. The number of fused-ring (bicyclic) bond motifs is 20. The Bertz CT molecular complexity index is 4340. The Labute approximate surface area is 425 Å². The van der Waals surface area contributed by atoms with Crippen molar-refractivity contribution in [2.24, 2.45) is 0 Å². The van der Waals surface area contributed by atoms with E-state index < -0.39 is 5.41 Å². The third kappa shape index (κ3) is 5.22. The van der Waals surface area contributed by atoms with Crippen LogP contribution in [0.1, 0.15) is 72.2 Å². The number of para-hydroxylation sites is 1. The van der Waals surface area contributed by atoms with Crippen molar-refractivity contribution in [2.75, 3.05) is 4.90 Å². The predicted molar refractivity (Wildman–Crippen MR) is 303 cm³/mol. The fourth-order valence-electron chi connectivity index (χ4n) is 14.3. The van der Waals surface area contributed by atoms with Crippen LogP contribution in [0.2, 0.25) is 0 Å². The molecule has 0 N–H and O–H groups in total. The number of rotatable bonds is 4. The Balaban J connectivity index is 0.937. The molecule has 0 saturated heterocycles. The molecule has 0 fully saturated rings. The van der Waals surface area contributed by atoms with Crippen molar-refractivity contribution in [3.63, 3.8) is 0 Å². The molecule has 73 heavy (non-hydrogen) atoms. The summed E-state index contributed by atoms with van der Waals surface area (Å²) < 4.78 is 7.22. The van der Waals surface area contributed by atoms with Crippen LogP contribution in [-0.2, 0) is 16.2 Å². The highest BCUT2D eigenvalue weighted by molar-refractivity contribution is 6.17. The first-order chi connectivity index (χ1) is 35.7. The highest BCUT2D eigenvalue weighted by atomic mass is 16.3. The van der Waals surface area contributed by atoms with Crippen LogP contribution < -0.4 is 4.90 Å². The van der Waals surface area contributed by atoms with Gasteiger partial charge in [0.1, 0.15) is 11.2 Å². The molecule has 1 aromatic heterocycles. The first-order valence-corrected chi connectivity index (χ1v) is 25.8. The summed E-state index contributed by atoms with van der Waals surface area (Å²) in [6.45, 7) is 9.55. The van der Waals surface area contributed by atoms with Crippen LogP contribution in [0.25, 0.3) is 88.3 Å². The second-order valence-corrected chi connectivity index (χ2v) is 21.9. The summed E-state index contributed by atoms with van der Waals surface area (Å²) >= 11 is 0. The van der Waals surface area contributed by atoms with E-state index in [2.05, 4.69) is 257 Å². The van der Waals surface area contributed by atoms with Crippen molar-refractivity contribution in [3.05, 3.63) is 269 Å². The van der Waals surface area contributed by atoms with Gasteiger partial charge in [0.15, 0.2) is 0 Å². The molecule has 1 spiro atoms. The summed E-state index contributed by atoms with van der Waals surface area (Å²) in [6.07, 6.45) is 0. The zero-order valence-corrected chi connectivity index (χ0v) is 41.2. The highest BCUT2D eigenvalue weighted by Gasteiger charge is 2.51. The molecule has 0 bridgehead atoms. The van der Waals surface area contributed by atoms with E-state index in [1.54, 1.807) is 0 Å². The van der Waals surface area contributed by atoms with Crippen molar-refractivity contribution in [3.8, 4) is 55.6 Å². The van der Waals surface area contributed by atoms with Crippen LogP contribution in [0.15, 0.2) is 229 Å². The number of furan rings is 1. The van der Waals surface area contributed by atoms with Gasteiger partial charge in [-0.1, -0.05) is 191 Å². The highest BCUT2D eigenvalue weighted by Crippen LogP contribution is 2.63. The summed E-state index contributed by atoms with van der Waals surface area (Å²) in [5.74, 6) is 0. The van der Waals surface area contributed by atoms with E-state index in [0.717, 1.165) is 50.1 Å². The van der Waals surface area contributed by atoms with E-state index in [-0.39, 0.29) is 10.8 Å². The van der Waals surface area contributed by atoms with Gasteiger partial charge in [-0.05, 0) is 166 Å².